The summed E-state index contributed by atoms with van der Waals surface area (Å²) in [5.41, 5.74) is 1.43. The van der Waals surface area contributed by atoms with Crippen LogP contribution in [0.3, 0.4) is 0 Å². The first-order valence-corrected chi connectivity index (χ1v) is 8.18. The van der Waals surface area contributed by atoms with Gasteiger partial charge in [-0.25, -0.2) is 0 Å². The number of nitrogens with one attached hydrogen (secondary N) is 1. The van der Waals surface area contributed by atoms with E-state index >= 15 is 0 Å². The fourth-order valence-corrected chi connectivity index (χ4v) is 3.62. The third kappa shape index (κ3) is 3.17. The summed E-state index contributed by atoms with van der Waals surface area (Å²) in [7, 11) is 1.73. The van der Waals surface area contributed by atoms with Gasteiger partial charge in [-0.2, -0.15) is 0 Å². The Kier molecular flexibility index (Phi) is 4.30. The van der Waals surface area contributed by atoms with Crippen molar-refractivity contribution >= 4 is 0 Å². The highest BCUT2D eigenvalue weighted by molar-refractivity contribution is 5.30. The molecule has 2 atom stereocenters. The molecule has 0 saturated heterocycles. The molecule has 0 radical (unpaired) electrons. The average molecular weight is 273 g/mol. The van der Waals surface area contributed by atoms with Crippen molar-refractivity contribution in [3.63, 3.8) is 0 Å². The van der Waals surface area contributed by atoms with Gasteiger partial charge in [-0.3, -0.25) is 0 Å². The Labute approximate surface area is 122 Å². The summed E-state index contributed by atoms with van der Waals surface area (Å²) in [6, 6.07) is 9.83. The van der Waals surface area contributed by atoms with E-state index in [1.165, 1.54) is 44.1 Å². The molecule has 2 heteroatoms. The Balaban J connectivity index is 1.68. The zero-order valence-corrected chi connectivity index (χ0v) is 12.8. The molecule has 20 heavy (non-hydrogen) atoms. The summed E-state index contributed by atoms with van der Waals surface area (Å²) in [4.78, 5) is 0. The number of hydrogen-bond acceptors (Lipinski definition) is 2. The standard InChI is InChI=1S/C18H27NO/c1-13(14-5-3-4-6-14)19-18(15-7-8-15)16-9-11-17(20-2)12-10-16/h9-15,18-19H,3-8H2,1-2H3/t13-,18?/m0/s1. The van der Waals surface area contributed by atoms with E-state index in [9.17, 15) is 0 Å². The van der Waals surface area contributed by atoms with Crippen LogP contribution in [0.1, 0.15) is 57.1 Å². The first kappa shape index (κ1) is 13.9. The Bertz CT molecular complexity index is 418. The van der Waals surface area contributed by atoms with Crippen molar-refractivity contribution in [3.05, 3.63) is 29.8 Å². The van der Waals surface area contributed by atoms with E-state index in [1.54, 1.807) is 7.11 Å². The molecule has 0 heterocycles. The van der Waals surface area contributed by atoms with Crippen LogP contribution < -0.4 is 10.1 Å². The molecular formula is C18H27NO. The van der Waals surface area contributed by atoms with E-state index in [0.29, 0.717) is 12.1 Å². The molecule has 1 N–H and O–H groups in total. The predicted octanol–water partition coefficient (Wildman–Crippen LogP) is 4.31. The van der Waals surface area contributed by atoms with Crippen molar-refractivity contribution in [2.24, 2.45) is 11.8 Å². The van der Waals surface area contributed by atoms with Gasteiger partial charge in [0, 0.05) is 12.1 Å². The summed E-state index contributed by atoms with van der Waals surface area (Å²) in [6.07, 6.45) is 8.42. The second kappa shape index (κ2) is 6.17. The zero-order chi connectivity index (χ0) is 13.9. The van der Waals surface area contributed by atoms with Crippen LogP contribution in [0.25, 0.3) is 0 Å². The van der Waals surface area contributed by atoms with E-state index in [-0.39, 0.29) is 0 Å². The third-order valence-electron chi connectivity index (χ3n) is 5.12. The quantitative estimate of drug-likeness (QED) is 0.833. The van der Waals surface area contributed by atoms with Crippen LogP contribution in [0, 0.1) is 11.8 Å². The molecule has 2 fully saturated rings. The Morgan fingerprint density at radius 3 is 2.20 bits per heavy atom. The molecule has 2 nitrogen and oxygen atoms in total. The van der Waals surface area contributed by atoms with Crippen molar-refractivity contribution in [2.75, 3.05) is 7.11 Å². The van der Waals surface area contributed by atoms with Gasteiger partial charge in [0.2, 0.25) is 0 Å². The third-order valence-corrected chi connectivity index (χ3v) is 5.12. The lowest BCUT2D eigenvalue weighted by Crippen LogP contribution is -2.36. The second-order valence-corrected chi connectivity index (χ2v) is 6.59. The number of benzene rings is 1. The molecule has 1 aromatic rings. The molecule has 2 saturated carbocycles. The van der Waals surface area contributed by atoms with Gasteiger partial charge in [0.25, 0.3) is 0 Å². The minimum absolute atomic E-state index is 0.538. The van der Waals surface area contributed by atoms with Crippen LogP contribution in [0.15, 0.2) is 24.3 Å². The van der Waals surface area contributed by atoms with E-state index < -0.39 is 0 Å². The Hall–Kier alpha value is -1.02. The zero-order valence-electron chi connectivity index (χ0n) is 12.8. The largest absolute Gasteiger partial charge is 0.497 e. The van der Waals surface area contributed by atoms with E-state index in [0.717, 1.165) is 17.6 Å². The molecule has 1 aromatic carbocycles. The Morgan fingerprint density at radius 1 is 1.00 bits per heavy atom. The number of rotatable bonds is 6. The molecule has 1 unspecified atom stereocenters. The smallest absolute Gasteiger partial charge is 0.118 e. The van der Waals surface area contributed by atoms with Gasteiger partial charge in [0.1, 0.15) is 5.75 Å². The van der Waals surface area contributed by atoms with Crippen LogP contribution in [-0.4, -0.2) is 13.2 Å². The molecule has 0 aromatic heterocycles. The number of hydrogen-bond donors (Lipinski definition) is 1. The highest BCUT2D eigenvalue weighted by Crippen LogP contribution is 2.42. The number of ether oxygens (including phenoxy) is 1. The first-order valence-electron chi connectivity index (χ1n) is 8.18. The molecule has 3 rings (SSSR count). The van der Waals surface area contributed by atoms with Gasteiger partial charge in [0.05, 0.1) is 7.11 Å². The summed E-state index contributed by atoms with van der Waals surface area (Å²) >= 11 is 0. The van der Waals surface area contributed by atoms with Crippen LogP contribution in [0.4, 0.5) is 0 Å². The normalized spacial score (nSPS) is 22.7. The van der Waals surface area contributed by atoms with Crippen molar-refractivity contribution in [3.8, 4) is 5.75 Å². The van der Waals surface area contributed by atoms with Gasteiger partial charge in [-0.1, -0.05) is 25.0 Å². The van der Waals surface area contributed by atoms with Gasteiger partial charge < -0.3 is 10.1 Å². The van der Waals surface area contributed by atoms with Gasteiger partial charge >= 0.3 is 0 Å². The van der Waals surface area contributed by atoms with E-state index in [4.69, 9.17) is 4.74 Å². The maximum Gasteiger partial charge on any atom is 0.118 e. The second-order valence-electron chi connectivity index (χ2n) is 6.59. The topological polar surface area (TPSA) is 21.3 Å². The van der Waals surface area contributed by atoms with Crippen LogP contribution in [0.2, 0.25) is 0 Å². The maximum absolute atomic E-state index is 5.27. The summed E-state index contributed by atoms with van der Waals surface area (Å²) in [6.45, 7) is 2.38. The fraction of sp³-hybridized carbons (Fsp3) is 0.667. The van der Waals surface area contributed by atoms with Gasteiger partial charge in [-0.15, -0.1) is 0 Å². The summed E-state index contributed by atoms with van der Waals surface area (Å²) in [5, 5.41) is 3.93. The van der Waals surface area contributed by atoms with Crippen molar-refractivity contribution in [1.29, 1.82) is 0 Å². The fourth-order valence-electron chi connectivity index (χ4n) is 3.62. The van der Waals surface area contributed by atoms with E-state index in [2.05, 4.69) is 36.5 Å². The SMILES string of the molecule is COc1ccc(C(N[C@@H](C)C2CCCC2)C2CC2)cc1. The molecule has 0 bridgehead atoms. The summed E-state index contributed by atoms with van der Waals surface area (Å²) in [5.74, 6) is 2.67. The van der Waals surface area contributed by atoms with Crippen molar-refractivity contribution < 1.29 is 4.74 Å². The molecular weight excluding hydrogens is 246 g/mol. The monoisotopic (exact) mass is 273 g/mol. The van der Waals surface area contributed by atoms with Gasteiger partial charge in [-0.05, 0) is 62.1 Å². The summed E-state index contributed by atoms with van der Waals surface area (Å²) < 4.78 is 5.27. The lowest BCUT2D eigenvalue weighted by molar-refractivity contribution is 0.326. The predicted molar refractivity (Wildman–Crippen MR) is 83.0 cm³/mol. The van der Waals surface area contributed by atoms with Crippen molar-refractivity contribution in [2.45, 2.75) is 57.5 Å². The van der Waals surface area contributed by atoms with Crippen LogP contribution >= 0.6 is 0 Å². The average Bonchev–Trinajstić information content (AvgIpc) is 3.17. The van der Waals surface area contributed by atoms with Crippen molar-refractivity contribution in [1.82, 2.24) is 5.32 Å². The lowest BCUT2D eigenvalue weighted by Gasteiger charge is -2.27. The highest BCUT2D eigenvalue weighted by Gasteiger charge is 2.34. The molecule has 110 valence electrons. The van der Waals surface area contributed by atoms with Crippen LogP contribution in [-0.2, 0) is 0 Å². The maximum atomic E-state index is 5.27. The first-order chi connectivity index (χ1) is 9.78. The number of methoxy groups -OCH3 is 1. The Morgan fingerprint density at radius 2 is 1.65 bits per heavy atom. The van der Waals surface area contributed by atoms with Gasteiger partial charge in [0.15, 0.2) is 0 Å². The molecule has 0 amide bonds. The van der Waals surface area contributed by atoms with Crippen LogP contribution in [0.5, 0.6) is 5.75 Å². The lowest BCUT2D eigenvalue weighted by atomic mass is 9.95. The van der Waals surface area contributed by atoms with E-state index in [1.807, 2.05) is 0 Å². The minimum Gasteiger partial charge on any atom is -0.497 e. The molecule has 2 aliphatic carbocycles. The molecule has 0 aliphatic heterocycles. The molecule has 0 spiro atoms. The minimum atomic E-state index is 0.538. The molecule has 2 aliphatic rings. The highest BCUT2D eigenvalue weighted by atomic mass is 16.5.